The van der Waals surface area contributed by atoms with Crippen LogP contribution in [0.5, 0.6) is 5.75 Å². The van der Waals surface area contributed by atoms with Gasteiger partial charge in [0.2, 0.25) is 5.91 Å². The van der Waals surface area contributed by atoms with E-state index in [4.69, 9.17) is 9.47 Å². The van der Waals surface area contributed by atoms with E-state index in [1.54, 1.807) is 19.2 Å². The Bertz CT molecular complexity index is 569. The monoisotopic (exact) mass is 364 g/mol. The summed E-state index contributed by atoms with van der Waals surface area (Å²) in [5.74, 6) is 0.978. The number of hydrogen-bond donors (Lipinski definition) is 1. The Balaban J connectivity index is 1.47. The number of hydrogen-bond acceptors (Lipinski definition) is 4. The van der Waals surface area contributed by atoms with Crippen LogP contribution < -0.4 is 10.1 Å². The van der Waals surface area contributed by atoms with Gasteiger partial charge in [-0.25, -0.2) is 4.39 Å². The number of rotatable bonds is 9. The van der Waals surface area contributed by atoms with Crippen molar-refractivity contribution in [2.24, 2.45) is 5.92 Å². The topological polar surface area (TPSA) is 50.8 Å². The summed E-state index contributed by atoms with van der Waals surface area (Å²) in [7, 11) is 1.64. The Hall–Kier alpha value is -1.66. The van der Waals surface area contributed by atoms with Gasteiger partial charge < -0.3 is 19.7 Å². The maximum absolute atomic E-state index is 12.9. The van der Waals surface area contributed by atoms with E-state index in [1.807, 2.05) is 4.90 Å². The van der Waals surface area contributed by atoms with Gasteiger partial charge in [-0.2, -0.15) is 0 Å². The SMILES string of the molecule is COCCN(CCOc1ccc(F)cc1)C(=O)CC1CC2CCC(C1)N2. The average molecular weight is 364 g/mol. The lowest BCUT2D eigenvalue weighted by Gasteiger charge is -2.31. The summed E-state index contributed by atoms with van der Waals surface area (Å²) in [5.41, 5.74) is 0. The van der Waals surface area contributed by atoms with E-state index in [0.717, 1.165) is 12.8 Å². The zero-order valence-electron chi connectivity index (χ0n) is 15.5. The maximum atomic E-state index is 12.9. The molecule has 0 aliphatic carbocycles. The molecular weight excluding hydrogens is 335 g/mol. The van der Waals surface area contributed by atoms with Crippen molar-refractivity contribution < 1.29 is 18.7 Å². The molecule has 2 bridgehead atoms. The number of ether oxygens (including phenoxy) is 2. The van der Waals surface area contributed by atoms with E-state index in [1.165, 1.54) is 25.0 Å². The van der Waals surface area contributed by atoms with Crippen LogP contribution in [0.4, 0.5) is 4.39 Å². The first-order chi connectivity index (χ1) is 12.6. The molecule has 2 aliphatic heterocycles. The van der Waals surface area contributed by atoms with E-state index in [0.29, 0.717) is 56.5 Å². The summed E-state index contributed by atoms with van der Waals surface area (Å²) in [6, 6.07) is 7.13. The molecule has 1 N–H and O–H groups in total. The zero-order chi connectivity index (χ0) is 18.4. The minimum absolute atomic E-state index is 0.177. The first-order valence-electron chi connectivity index (χ1n) is 9.55. The molecule has 1 aromatic rings. The molecule has 1 amide bonds. The first-order valence-corrected chi connectivity index (χ1v) is 9.55. The van der Waals surface area contributed by atoms with Gasteiger partial charge in [0.05, 0.1) is 13.2 Å². The summed E-state index contributed by atoms with van der Waals surface area (Å²) in [4.78, 5) is 14.6. The van der Waals surface area contributed by atoms with Crippen LogP contribution in [0.3, 0.4) is 0 Å². The van der Waals surface area contributed by atoms with E-state index in [-0.39, 0.29) is 11.7 Å². The quantitative estimate of drug-likeness (QED) is 0.732. The molecule has 0 saturated carbocycles. The van der Waals surface area contributed by atoms with Crippen LogP contribution in [-0.4, -0.2) is 56.3 Å². The number of methoxy groups -OCH3 is 1. The molecule has 2 aliphatic rings. The third-order valence-corrected chi connectivity index (χ3v) is 5.40. The lowest BCUT2D eigenvalue weighted by molar-refractivity contribution is -0.133. The standard InChI is InChI=1S/C20H29FN2O3/c1-25-10-8-23(9-11-26-19-6-2-16(21)3-7-19)20(24)14-15-12-17-4-5-18(13-15)22-17/h2-3,6-7,15,17-18,22H,4-5,8-14H2,1H3. The van der Waals surface area contributed by atoms with Crippen LogP contribution in [-0.2, 0) is 9.53 Å². The normalized spacial score (nSPS) is 24.5. The highest BCUT2D eigenvalue weighted by molar-refractivity contribution is 5.76. The molecule has 1 aromatic carbocycles. The van der Waals surface area contributed by atoms with E-state index >= 15 is 0 Å². The second-order valence-corrected chi connectivity index (χ2v) is 7.36. The molecular formula is C20H29FN2O3. The highest BCUT2D eigenvalue weighted by Gasteiger charge is 2.34. The molecule has 2 saturated heterocycles. The fraction of sp³-hybridized carbons (Fsp3) is 0.650. The lowest BCUT2D eigenvalue weighted by atomic mass is 9.89. The van der Waals surface area contributed by atoms with Gasteiger partial charge in [-0.3, -0.25) is 4.79 Å². The van der Waals surface area contributed by atoms with E-state index in [2.05, 4.69) is 5.32 Å². The number of nitrogens with one attached hydrogen (secondary N) is 1. The van der Waals surface area contributed by atoms with Gasteiger partial charge in [0.15, 0.2) is 0 Å². The van der Waals surface area contributed by atoms with Crippen LogP contribution in [0.1, 0.15) is 32.1 Å². The number of fused-ring (bicyclic) bond motifs is 2. The summed E-state index contributed by atoms with van der Waals surface area (Å²) in [6.45, 7) is 1.98. The number of carbonyl (C=O) groups is 1. The molecule has 6 heteroatoms. The van der Waals surface area contributed by atoms with Gasteiger partial charge in [-0.1, -0.05) is 0 Å². The maximum Gasteiger partial charge on any atom is 0.223 e. The summed E-state index contributed by atoms with van der Waals surface area (Å²) < 4.78 is 23.7. The largest absolute Gasteiger partial charge is 0.492 e. The molecule has 2 fully saturated rings. The van der Waals surface area contributed by atoms with E-state index < -0.39 is 0 Å². The number of nitrogens with zero attached hydrogens (tertiary/aromatic N) is 1. The van der Waals surface area contributed by atoms with Gasteiger partial charge in [0, 0.05) is 32.2 Å². The van der Waals surface area contributed by atoms with Crippen molar-refractivity contribution in [2.75, 3.05) is 33.4 Å². The van der Waals surface area contributed by atoms with Crippen molar-refractivity contribution >= 4 is 5.91 Å². The van der Waals surface area contributed by atoms with Crippen LogP contribution in [0, 0.1) is 11.7 Å². The Morgan fingerprint density at radius 1 is 1.15 bits per heavy atom. The van der Waals surface area contributed by atoms with Crippen molar-refractivity contribution in [1.29, 1.82) is 0 Å². The fourth-order valence-electron chi connectivity index (χ4n) is 4.09. The third kappa shape index (κ3) is 5.42. The smallest absolute Gasteiger partial charge is 0.223 e. The number of halogens is 1. The summed E-state index contributed by atoms with van der Waals surface area (Å²) in [6.07, 6.45) is 5.30. The Kier molecular flexibility index (Phi) is 6.86. The molecule has 0 spiro atoms. The van der Waals surface area contributed by atoms with Crippen molar-refractivity contribution in [3.63, 3.8) is 0 Å². The van der Waals surface area contributed by atoms with Crippen molar-refractivity contribution in [3.05, 3.63) is 30.1 Å². The van der Waals surface area contributed by atoms with Crippen LogP contribution >= 0.6 is 0 Å². The number of carbonyl (C=O) groups excluding carboxylic acids is 1. The third-order valence-electron chi connectivity index (χ3n) is 5.40. The number of benzene rings is 1. The Morgan fingerprint density at radius 3 is 2.46 bits per heavy atom. The zero-order valence-corrected chi connectivity index (χ0v) is 15.5. The van der Waals surface area contributed by atoms with Gasteiger partial charge in [-0.05, 0) is 55.9 Å². The van der Waals surface area contributed by atoms with Crippen LogP contribution in [0.25, 0.3) is 0 Å². The van der Waals surface area contributed by atoms with Crippen molar-refractivity contribution in [1.82, 2.24) is 10.2 Å². The molecule has 5 nitrogen and oxygen atoms in total. The highest BCUT2D eigenvalue weighted by atomic mass is 19.1. The fourth-order valence-corrected chi connectivity index (χ4v) is 4.09. The number of amides is 1. The minimum atomic E-state index is -0.287. The molecule has 0 aromatic heterocycles. The highest BCUT2D eigenvalue weighted by Crippen LogP contribution is 2.32. The van der Waals surface area contributed by atoms with E-state index in [9.17, 15) is 9.18 Å². The summed E-state index contributed by atoms with van der Waals surface area (Å²) in [5, 5.41) is 3.62. The first kappa shape index (κ1) is 19.1. The molecule has 2 unspecified atom stereocenters. The predicted molar refractivity (Wildman–Crippen MR) is 97.6 cm³/mol. The van der Waals surface area contributed by atoms with Crippen LogP contribution in [0.2, 0.25) is 0 Å². The molecule has 2 atom stereocenters. The van der Waals surface area contributed by atoms with Gasteiger partial charge in [0.25, 0.3) is 0 Å². The van der Waals surface area contributed by atoms with Gasteiger partial charge in [0.1, 0.15) is 18.2 Å². The molecule has 144 valence electrons. The van der Waals surface area contributed by atoms with Crippen molar-refractivity contribution in [2.45, 2.75) is 44.2 Å². The molecule has 26 heavy (non-hydrogen) atoms. The average Bonchev–Trinajstić information content (AvgIpc) is 2.97. The van der Waals surface area contributed by atoms with Gasteiger partial charge >= 0.3 is 0 Å². The lowest BCUT2D eigenvalue weighted by Crippen LogP contribution is -2.42. The predicted octanol–water partition coefficient (Wildman–Crippen LogP) is 2.60. The molecule has 3 rings (SSSR count). The Morgan fingerprint density at radius 2 is 1.81 bits per heavy atom. The van der Waals surface area contributed by atoms with Crippen LogP contribution in [0.15, 0.2) is 24.3 Å². The summed E-state index contributed by atoms with van der Waals surface area (Å²) >= 11 is 0. The van der Waals surface area contributed by atoms with Gasteiger partial charge in [-0.15, -0.1) is 0 Å². The Labute approximate surface area is 154 Å². The van der Waals surface area contributed by atoms with Crippen molar-refractivity contribution in [3.8, 4) is 5.75 Å². The minimum Gasteiger partial charge on any atom is -0.492 e. The second kappa shape index (κ2) is 9.33. The number of piperidine rings is 1. The molecule has 0 radical (unpaired) electrons. The second-order valence-electron chi connectivity index (χ2n) is 7.36. The molecule has 2 heterocycles.